The summed E-state index contributed by atoms with van der Waals surface area (Å²) < 4.78 is 83.1. The molecule has 0 spiro atoms. The maximum absolute atomic E-state index is 13.9. The van der Waals surface area contributed by atoms with Crippen LogP contribution in [0, 0.1) is 23.7 Å². The molecule has 0 aliphatic carbocycles. The molecule has 0 aliphatic rings. The summed E-state index contributed by atoms with van der Waals surface area (Å²) in [6.45, 7) is 6.43. The Morgan fingerprint density at radius 2 is 0.973 bits per heavy atom. The topological polar surface area (TPSA) is 3.24 Å². The lowest BCUT2D eigenvalue weighted by Crippen LogP contribution is -2.37. The lowest BCUT2D eigenvalue weighted by Gasteiger charge is -2.16. The van der Waals surface area contributed by atoms with E-state index in [1.807, 2.05) is 31.1 Å². The van der Waals surface area contributed by atoms with Crippen LogP contribution in [0.2, 0.25) is 19.6 Å². The Kier molecular flexibility index (Phi) is 7.85. The third-order valence-corrected chi connectivity index (χ3v) is 7.65. The molecule has 0 atom stereocenters. The zero-order chi connectivity index (χ0) is 27.6. The van der Waals surface area contributed by atoms with Gasteiger partial charge in [0.2, 0.25) is 0 Å². The summed E-state index contributed by atoms with van der Waals surface area (Å²) in [7, 11) is 2.05. The number of hydrogen-bond acceptors (Lipinski definition) is 1. The highest BCUT2D eigenvalue weighted by atomic mass is 28.3. The van der Waals surface area contributed by atoms with Gasteiger partial charge in [-0.1, -0.05) is 60.6 Å². The molecule has 3 aromatic carbocycles. The van der Waals surface area contributed by atoms with Crippen molar-refractivity contribution >= 4 is 18.9 Å². The number of alkyl halides is 6. The summed E-state index contributed by atoms with van der Waals surface area (Å²) in [5.41, 5.74) is -2.42. The van der Waals surface area contributed by atoms with Gasteiger partial charge in [0.05, 0.1) is 19.2 Å². The first-order valence-electron chi connectivity index (χ1n) is 11.3. The number of hydrogen-bond donors (Lipinski definition) is 0. The monoisotopic (exact) mass is 529 g/mol. The molecule has 0 saturated heterocycles. The van der Waals surface area contributed by atoms with E-state index in [0.29, 0.717) is 23.3 Å². The largest absolute Gasteiger partial charge is 0.417 e. The van der Waals surface area contributed by atoms with E-state index in [0.717, 1.165) is 10.9 Å². The number of nitrogens with zero attached hydrogens (tertiary/aromatic N) is 1. The number of benzene rings is 3. The maximum atomic E-state index is 13.9. The summed E-state index contributed by atoms with van der Waals surface area (Å²) in [6.07, 6.45) is -9.84. The van der Waals surface area contributed by atoms with E-state index >= 15 is 0 Å². The second-order valence-electron chi connectivity index (χ2n) is 9.71. The van der Waals surface area contributed by atoms with Crippen molar-refractivity contribution in [3.63, 3.8) is 0 Å². The molecule has 3 rings (SSSR count). The van der Waals surface area contributed by atoms with Crippen LogP contribution in [0.25, 0.3) is 0 Å². The van der Waals surface area contributed by atoms with Crippen molar-refractivity contribution in [1.82, 2.24) is 0 Å². The lowest BCUT2D eigenvalue weighted by atomic mass is 9.97. The van der Waals surface area contributed by atoms with E-state index < -0.39 is 42.7 Å². The van der Waals surface area contributed by atoms with Crippen molar-refractivity contribution < 1.29 is 26.3 Å². The van der Waals surface area contributed by atoms with Gasteiger partial charge in [0, 0.05) is 42.0 Å². The zero-order valence-electron chi connectivity index (χ0n) is 21.0. The molecule has 0 radical (unpaired) electrons. The van der Waals surface area contributed by atoms with E-state index in [-0.39, 0.29) is 0 Å². The molecule has 0 saturated carbocycles. The van der Waals surface area contributed by atoms with Gasteiger partial charge in [-0.25, -0.2) is 0 Å². The zero-order valence-corrected chi connectivity index (χ0v) is 22.0. The molecular formula is C29H25F6NSi. The average Bonchev–Trinajstić information content (AvgIpc) is 2.80. The van der Waals surface area contributed by atoms with Crippen LogP contribution >= 0.6 is 0 Å². The SMILES string of the molecule is CN(C)c1ccc(C#Cc2cc(C(F)(F)F)c(C#Cc3ccc([Si](C)(C)C)cc3)cc2C(F)(F)F)cc1. The minimum absolute atomic E-state index is 0.373. The molecule has 37 heavy (non-hydrogen) atoms. The molecule has 0 unspecified atom stereocenters. The normalized spacial score (nSPS) is 11.8. The summed E-state index contributed by atoms with van der Waals surface area (Å²) in [5, 5.41) is 1.13. The molecule has 0 heterocycles. The average molecular weight is 530 g/mol. The van der Waals surface area contributed by atoms with Crippen molar-refractivity contribution in [2.75, 3.05) is 19.0 Å². The van der Waals surface area contributed by atoms with E-state index in [1.165, 1.54) is 0 Å². The van der Waals surface area contributed by atoms with Crippen molar-refractivity contribution in [3.8, 4) is 23.7 Å². The van der Waals surface area contributed by atoms with Crippen LogP contribution in [0.3, 0.4) is 0 Å². The van der Waals surface area contributed by atoms with E-state index in [1.54, 1.807) is 36.4 Å². The van der Waals surface area contributed by atoms with Crippen LogP contribution in [-0.2, 0) is 12.4 Å². The smallest absolute Gasteiger partial charge is 0.378 e. The molecule has 0 fully saturated rings. The van der Waals surface area contributed by atoms with Crippen molar-refractivity contribution in [2.45, 2.75) is 32.0 Å². The molecule has 0 N–H and O–H groups in total. The number of anilines is 1. The molecular weight excluding hydrogens is 504 g/mol. The van der Waals surface area contributed by atoms with Gasteiger partial charge in [-0.05, 0) is 48.5 Å². The highest BCUT2D eigenvalue weighted by molar-refractivity contribution is 6.88. The van der Waals surface area contributed by atoms with Gasteiger partial charge in [0.15, 0.2) is 0 Å². The van der Waals surface area contributed by atoms with Crippen LogP contribution in [0.1, 0.15) is 33.4 Å². The third-order valence-electron chi connectivity index (χ3n) is 5.59. The fourth-order valence-electron chi connectivity index (χ4n) is 3.45. The summed E-state index contributed by atoms with van der Waals surface area (Å²) in [4.78, 5) is 1.83. The molecule has 192 valence electrons. The summed E-state index contributed by atoms with van der Waals surface area (Å²) in [5.74, 6) is 9.73. The first-order valence-corrected chi connectivity index (χ1v) is 14.8. The Balaban J connectivity index is 2.10. The highest BCUT2D eigenvalue weighted by Gasteiger charge is 2.39. The predicted molar refractivity (Wildman–Crippen MR) is 139 cm³/mol. The van der Waals surface area contributed by atoms with Crippen LogP contribution in [0.4, 0.5) is 32.0 Å². The molecule has 0 amide bonds. The van der Waals surface area contributed by atoms with Crippen LogP contribution < -0.4 is 10.1 Å². The minimum Gasteiger partial charge on any atom is -0.378 e. The molecule has 0 aromatic heterocycles. The Labute approximate surface area is 214 Å². The predicted octanol–water partition coefficient (Wildman–Crippen LogP) is 7.14. The van der Waals surface area contributed by atoms with Crippen LogP contribution in [0.5, 0.6) is 0 Å². The second kappa shape index (κ2) is 10.4. The van der Waals surface area contributed by atoms with Gasteiger partial charge < -0.3 is 4.90 Å². The maximum Gasteiger partial charge on any atom is 0.417 e. The molecule has 0 bridgehead atoms. The first-order chi connectivity index (χ1) is 17.1. The van der Waals surface area contributed by atoms with Gasteiger partial charge in [-0.2, -0.15) is 26.3 Å². The van der Waals surface area contributed by atoms with E-state index in [4.69, 9.17) is 0 Å². The van der Waals surface area contributed by atoms with Gasteiger partial charge in [-0.15, -0.1) is 0 Å². The molecule has 8 heteroatoms. The van der Waals surface area contributed by atoms with Gasteiger partial charge in [-0.3, -0.25) is 0 Å². The van der Waals surface area contributed by atoms with Crippen molar-refractivity contribution in [2.24, 2.45) is 0 Å². The summed E-state index contributed by atoms with van der Waals surface area (Å²) >= 11 is 0. The second-order valence-corrected chi connectivity index (χ2v) is 14.8. The fraction of sp³-hybridized carbons (Fsp3) is 0.241. The van der Waals surface area contributed by atoms with E-state index in [2.05, 4.69) is 43.3 Å². The van der Waals surface area contributed by atoms with Crippen molar-refractivity contribution in [3.05, 3.63) is 94.0 Å². The quantitative estimate of drug-likeness (QED) is 0.194. The van der Waals surface area contributed by atoms with Crippen LogP contribution in [-0.4, -0.2) is 22.2 Å². The molecule has 1 nitrogen and oxygen atoms in total. The first kappa shape index (κ1) is 28.0. The Hall–Kier alpha value is -3.62. The summed E-state index contributed by atoms with van der Waals surface area (Å²) in [6, 6.07) is 14.5. The Morgan fingerprint density at radius 1 is 0.595 bits per heavy atom. The highest BCUT2D eigenvalue weighted by Crippen LogP contribution is 2.38. The Morgan fingerprint density at radius 3 is 1.30 bits per heavy atom. The van der Waals surface area contributed by atoms with Gasteiger partial charge in [0.25, 0.3) is 0 Å². The molecule has 0 aliphatic heterocycles. The van der Waals surface area contributed by atoms with Crippen molar-refractivity contribution in [1.29, 1.82) is 0 Å². The van der Waals surface area contributed by atoms with Gasteiger partial charge >= 0.3 is 12.4 Å². The van der Waals surface area contributed by atoms with Crippen LogP contribution in [0.15, 0.2) is 60.7 Å². The van der Waals surface area contributed by atoms with E-state index in [9.17, 15) is 26.3 Å². The number of halogens is 6. The minimum atomic E-state index is -4.92. The lowest BCUT2D eigenvalue weighted by molar-refractivity contribution is -0.141. The fourth-order valence-corrected chi connectivity index (χ4v) is 4.62. The Bertz CT molecular complexity index is 1390. The third kappa shape index (κ3) is 7.21. The van der Waals surface area contributed by atoms with Gasteiger partial charge in [0.1, 0.15) is 0 Å². The standard InChI is InChI=1S/C29H25F6NSi/c1-36(2)24-14-8-20(9-15-24)6-12-22-18-27(29(33,34)35)23(19-26(22)28(30,31)32)13-7-21-10-16-25(17-11-21)37(3,4)5/h8-11,14-19H,1-5H3. The number of rotatable bonds is 2. The molecule has 3 aromatic rings.